The van der Waals surface area contributed by atoms with Gasteiger partial charge in [0.05, 0.1) is 37.1 Å². The van der Waals surface area contributed by atoms with Gasteiger partial charge in [-0.25, -0.2) is 0 Å². The first-order chi connectivity index (χ1) is 12.5. The maximum Gasteiger partial charge on any atom is 0.253 e. The SMILES string of the molecule is CNC(=O)CN(C)CC(=O)Nc1ccccc1C(=O)NCc1ccco1. The second kappa shape index (κ2) is 9.38. The van der Waals surface area contributed by atoms with Crippen LogP contribution in [0, 0.1) is 0 Å². The van der Waals surface area contributed by atoms with E-state index in [0.29, 0.717) is 17.0 Å². The van der Waals surface area contributed by atoms with E-state index in [1.807, 2.05) is 0 Å². The number of hydrogen-bond acceptors (Lipinski definition) is 5. The number of benzene rings is 1. The highest BCUT2D eigenvalue weighted by molar-refractivity contribution is 6.04. The van der Waals surface area contributed by atoms with Crippen molar-refractivity contribution < 1.29 is 18.8 Å². The molecule has 8 nitrogen and oxygen atoms in total. The van der Waals surface area contributed by atoms with Gasteiger partial charge in [0.15, 0.2) is 0 Å². The summed E-state index contributed by atoms with van der Waals surface area (Å²) in [7, 11) is 3.20. The average molecular weight is 358 g/mol. The predicted molar refractivity (Wildman–Crippen MR) is 96.5 cm³/mol. The number of nitrogens with zero attached hydrogens (tertiary/aromatic N) is 1. The molecule has 138 valence electrons. The van der Waals surface area contributed by atoms with E-state index in [0.717, 1.165) is 0 Å². The summed E-state index contributed by atoms with van der Waals surface area (Å²) in [5.41, 5.74) is 0.754. The van der Waals surface area contributed by atoms with E-state index in [9.17, 15) is 14.4 Å². The zero-order valence-corrected chi connectivity index (χ0v) is 14.7. The molecule has 1 aromatic heterocycles. The lowest BCUT2D eigenvalue weighted by Gasteiger charge is -2.16. The monoisotopic (exact) mass is 358 g/mol. The van der Waals surface area contributed by atoms with Crippen LogP contribution in [-0.4, -0.2) is 49.8 Å². The summed E-state index contributed by atoms with van der Waals surface area (Å²) in [5, 5.41) is 7.95. The molecule has 0 saturated heterocycles. The van der Waals surface area contributed by atoms with E-state index >= 15 is 0 Å². The molecule has 3 N–H and O–H groups in total. The maximum absolute atomic E-state index is 12.4. The normalized spacial score (nSPS) is 10.4. The van der Waals surface area contributed by atoms with Crippen LogP contribution in [0.25, 0.3) is 0 Å². The molecule has 0 aliphatic rings. The number of furan rings is 1. The standard InChI is InChI=1S/C18H22N4O4/c1-19-16(23)11-22(2)12-17(24)21-15-8-4-3-7-14(15)18(25)20-10-13-6-5-9-26-13/h3-9H,10-12H2,1-2H3,(H,19,23)(H,20,25)(H,21,24). The smallest absolute Gasteiger partial charge is 0.253 e. The van der Waals surface area contributed by atoms with Crippen LogP contribution < -0.4 is 16.0 Å². The highest BCUT2D eigenvalue weighted by Gasteiger charge is 2.15. The van der Waals surface area contributed by atoms with E-state index in [4.69, 9.17) is 4.42 Å². The number of para-hydroxylation sites is 1. The zero-order valence-electron chi connectivity index (χ0n) is 14.7. The largest absolute Gasteiger partial charge is 0.467 e. The maximum atomic E-state index is 12.4. The quantitative estimate of drug-likeness (QED) is 0.648. The van der Waals surface area contributed by atoms with Gasteiger partial charge in [-0.05, 0) is 31.3 Å². The first kappa shape index (κ1) is 19.2. The van der Waals surface area contributed by atoms with E-state index < -0.39 is 0 Å². The highest BCUT2D eigenvalue weighted by atomic mass is 16.3. The van der Waals surface area contributed by atoms with Crippen molar-refractivity contribution in [2.24, 2.45) is 0 Å². The van der Waals surface area contributed by atoms with Crippen LogP contribution in [-0.2, 0) is 16.1 Å². The molecule has 0 bridgehead atoms. The van der Waals surface area contributed by atoms with Crippen molar-refractivity contribution in [3.8, 4) is 0 Å². The Labute approximate surface area is 151 Å². The third-order valence-corrected chi connectivity index (χ3v) is 3.55. The van der Waals surface area contributed by atoms with Crippen LogP contribution >= 0.6 is 0 Å². The third-order valence-electron chi connectivity index (χ3n) is 3.55. The van der Waals surface area contributed by atoms with Crippen LogP contribution in [0.2, 0.25) is 0 Å². The van der Waals surface area contributed by atoms with Gasteiger partial charge in [0.2, 0.25) is 11.8 Å². The Morgan fingerprint density at radius 2 is 1.77 bits per heavy atom. The number of likely N-dealkylation sites (N-methyl/N-ethyl adjacent to an activating group) is 2. The molecule has 2 rings (SSSR count). The van der Waals surface area contributed by atoms with Gasteiger partial charge >= 0.3 is 0 Å². The van der Waals surface area contributed by atoms with Crippen molar-refractivity contribution in [2.75, 3.05) is 32.5 Å². The van der Waals surface area contributed by atoms with Crippen LogP contribution in [0.5, 0.6) is 0 Å². The molecule has 0 atom stereocenters. The summed E-state index contributed by atoms with van der Waals surface area (Å²) in [6.07, 6.45) is 1.53. The van der Waals surface area contributed by atoms with Gasteiger partial charge in [-0.3, -0.25) is 19.3 Å². The number of anilines is 1. The first-order valence-corrected chi connectivity index (χ1v) is 8.08. The number of rotatable bonds is 8. The van der Waals surface area contributed by atoms with Crippen molar-refractivity contribution >= 4 is 23.4 Å². The minimum absolute atomic E-state index is 0.0236. The molecular formula is C18H22N4O4. The summed E-state index contributed by atoms with van der Waals surface area (Å²) in [5.74, 6) is -0.188. The predicted octanol–water partition coefficient (Wildman–Crippen LogP) is 0.826. The van der Waals surface area contributed by atoms with Crippen molar-refractivity contribution in [3.05, 3.63) is 54.0 Å². The molecule has 0 aliphatic carbocycles. The van der Waals surface area contributed by atoms with E-state index in [1.54, 1.807) is 48.3 Å². The summed E-state index contributed by atoms with van der Waals surface area (Å²) in [6, 6.07) is 10.2. The fourth-order valence-electron chi connectivity index (χ4n) is 2.28. The van der Waals surface area contributed by atoms with Crippen molar-refractivity contribution in [1.29, 1.82) is 0 Å². The van der Waals surface area contributed by atoms with Gasteiger partial charge in [-0.1, -0.05) is 12.1 Å². The number of carbonyl (C=O) groups is 3. The Kier molecular flexibility index (Phi) is 6.92. The minimum Gasteiger partial charge on any atom is -0.467 e. The summed E-state index contributed by atoms with van der Waals surface area (Å²) < 4.78 is 5.18. The topological polar surface area (TPSA) is 104 Å². The molecule has 0 unspecified atom stereocenters. The third kappa shape index (κ3) is 5.75. The lowest BCUT2D eigenvalue weighted by Crippen LogP contribution is -2.38. The molecule has 0 aliphatic heterocycles. The lowest BCUT2D eigenvalue weighted by atomic mass is 10.1. The molecule has 1 heterocycles. The van der Waals surface area contributed by atoms with Crippen LogP contribution in [0.15, 0.2) is 47.1 Å². The van der Waals surface area contributed by atoms with Crippen molar-refractivity contribution in [3.63, 3.8) is 0 Å². The molecule has 1 aromatic carbocycles. The number of hydrogen-bond donors (Lipinski definition) is 3. The van der Waals surface area contributed by atoms with Gasteiger partial charge in [-0.2, -0.15) is 0 Å². The molecule has 2 aromatic rings. The van der Waals surface area contributed by atoms with E-state index in [-0.39, 0.29) is 37.4 Å². The number of carbonyl (C=O) groups excluding carboxylic acids is 3. The fraction of sp³-hybridized carbons (Fsp3) is 0.278. The molecule has 0 spiro atoms. The Morgan fingerprint density at radius 1 is 1.04 bits per heavy atom. The van der Waals surface area contributed by atoms with Crippen LogP contribution in [0.4, 0.5) is 5.69 Å². The molecule has 8 heteroatoms. The number of amides is 3. The molecule has 0 saturated carbocycles. The lowest BCUT2D eigenvalue weighted by molar-refractivity contribution is -0.122. The van der Waals surface area contributed by atoms with E-state index in [2.05, 4.69) is 16.0 Å². The second-order valence-electron chi connectivity index (χ2n) is 5.70. The summed E-state index contributed by atoms with van der Waals surface area (Å²) in [4.78, 5) is 37.5. The van der Waals surface area contributed by atoms with Crippen molar-refractivity contribution in [2.45, 2.75) is 6.54 Å². The Balaban J connectivity index is 1.95. The molecule has 0 radical (unpaired) electrons. The van der Waals surface area contributed by atoms with Gasteiger partial charge in [0.1, 0.15) is 5.76 Å². The average Bonchev–Trinajstić information content (AvgIpc) is 3.13. The van der Waals surface area contributed by atoms with E-state index in [1.165, 1.54) is 13.3 Å². The van der Waals surface area contributed by atoms with Gasteiger partial charge in [-0.15, -0.1) is 0 Å². The Hall–Kier alpha value is -3.13. The van der Waals surface area contributed by atoms with Gasteiger partial charge in [0, 0.05) is 7.05 Å². The molecule has 3 amide bonds. The molecular weight excluding hydrogens is 336 g/mol. The highest BCUT2D eigenvalue weighted by Crippen LogP contribution is 2.15. The molecule has 0 fully saturated rings. The molecule has 26 heavy (non-hydrogen) atoms. The van der Waals surface area contributed by atoms with Gasteiger partial charge < -0.3 is 20.4 Å². The van der Waals surface area contributed by atoms with Crippen molar-refractivity contribution in [1.82, 2.24) is 15.5 Å². The second-order valence-corrected chi connectivity index (χ2v) is 5.70. The summed E-state index contributed by atoms with van der Waals surface area (Å²) in [6.45, 7) is 0.383. The van der Waals surface area contributed by atoms with Gasteiger partial charge in [0.25, 0.3) is 5.91 Å². The first-order valence-electron chi connectivity index (χ1n) is 8.08. The van der Waals surface area contributed by atoms with Crippen LogP contribution in [0.3, 0.4) is 0 Å². The van der Waals surface area contributed by atoms with Crippen LogP contribution in [0.1, 0.15) is 16.1 Å². The Bertz CT molecular complexity index is 758. The zero-order chi connectivity index (χ0) is 18.9. The fourth-order valence-corrected chi connectivity index (χ4v) is 2.28. The summed E-state index contributed by atoms with van der Waals surface area (Å²) >= 11 is 0. The minimum atomic E-state index is -0.323. The Morgan fingerprint density at radius 3 is 2.46 bits per heavy atom. The number of nitrogens with one attached hydrogen (secondary N) is 3.